The van der Waals surface area contributed by atoms with E-state index in [1.54, 1.807) is 0 Å². The number of alkyl halides is 1. The van der Waals surface area contributed by atoms with Gasteiger partial charge >= 0.3 is 0 Å². The van der Waals surface area contributed by atoms with E-state index in [2.05, 4.69) is 46.7 Å². The molecule has 3 rings (SSSR count). The van der Waals surface area contributed by atoms with E-state index in [-0.39, 0.29) is 0 Å². The van der Waals surface area contributed by atoms with Crippen LogP contribution in [-0.4, -0.2) is 4.98 Å². The molecule has 0 amide bonds. The van der Waals surface area contributed by atoms with Crippen molar-refractivity contribution in [3.63, 3.8) is 0 Å². The summed E-state index contributed by atoms with van der Waals surface area (Å²) in [4.78, 5) is 4.59. The third-order valence-corrected chi connectivity index (χ3v) is 3.56. The van der Waals surface area contributed by atoms with E-state index in [4.69, 9.17) is 11.6 Å². The predicted molar refractivity (Wildman–Crippen MR) is 85.1 cm³/mol. The molecule has 0 saturated heterocycles. The van der Waals surface area contributed by atoms with Crippen LogP contribution in [-0.2, 0) is 12.4 Å². The van der Waals surface area contributed by atoms with Crippen LogP contribution in [0.4, 0.5) is 5.82 Å². The third kappa shape index (κ3) is 2.91. The van der Waals surface area contributed by atoms with Gasteiger partial charge < -0.3 is 5.32 Å². The fourth-order valence-corrected chi connectivity index (χ4v) is 2.28. The second-order valence-corrected chi connectivity index (χ2v) is 4.96. The van der Waals surface area contributed by atoms with E-state index in [1.807, 2.05) is 24.3 Å². The highest BCUT2D eigenvalue weighted by Crippen LogP contribution is 2.15. The van der Waals surface area contributed by atoms with Crippen LogP contribution >= 0.6 is 11.6 Å². The number of pyridine rings is 1. The number of hydrogen-bond acceptors (Lipinski definition) is 2. The molecule has 0 fully saturated rings. The molecule has 2 nitrogen and oxygen atoms in total. The van der Waals surface area contributed by atoms with Crippen molar-refractivity contribution in [1.29, 1.82) is 0 Å². The van der Waals surface area contributed by atoms with Gasteiger partial charge in [-0.25, -0.2) is 4.98 Å². The molecule has 0 aliphatic rings. The van der Waals surface area contributed by atoms with Gasteiger partial charge in [-0.3, -0.25) is 0 Å². The summed E-state index contributed by atoms with van der Waals surface area (Å²) in [6.07, 6.45) is 0. The smallest absolute Gasteiger partial charge is 0.126 e. The number of aromatic nitrogens is 1. The zero-order chi connectivity index (χ0) is 13.8. The number of rotatable bonds is 4. The van der Waals surface area contributed by atoms with Gasteiger partial charge in [0.1, 0.15) is 5.82 Å². The number of fused-ring (bicyclic) bond motifs is 1. The first kappa shape index (κ1) is 12.9. The number of halogens is 1. The fourth-order valence-electron chi connectivity index (χ4n) is 2.10. The molecule has 1 aromatic heterocycles. The summed E-state index contributed by atoms with van der Waals surface area (Å²) in [6, 6.07) is 20.5. The van der Waals surface area contributed by atoms with E-state index >= 15 is 0 Å². The highest BCUT2D eigenvalue weighted by molar-refractivity contribution is 6.17. The Morgan fingerprint density at radius 3 is 2.40 bits per heavy atom. The second-order valence-electron chi connectivity index (χ2n) is 4.69. The van der Waals surface area contributed by atoms with Crippen LogP contribution in [0.15, 0.2) is 60.7 Å². The van der Waals surface area contributed by atoms with Crippen molar-refractivity contribution in [3.05, 3.63) is 71.8 Å². The third-order valence-electron chi connectivity index (χ3n) is 3.25. The first-order valence-corrected chi connectivity index (χ1v) is 7.12. The van der Waals surface area contributed by atoms with Crippen LogP contribution in [0.2, 0.25) is 0 Å². The Bertz CT molecular complexity index is 708. The molecule has 0 saturated carbocycles. The lowest BCUT2D eigenvalue weighted by molar-refractivity contribution is 1.12. The Balaban J connectivity index is 1.72. The van der Waals surface area contributed by atoms with E-state index in [9.17, 15) is 0 Å². The standard InChI is InChI=1S/C17H15ClN2/c18-11-13-5-7-14(8-6-13)12-19-17-10-9-15-3-1-2-4-16(15)20-17/h1-10H,11-12H2,(H,19,20). The molecule has 3 heteroatoms. The maximum Gasteiger partial charge on any atom is 0.126 e. The predicted octanol–water partition coefficient (Wildman–Crippen LogP) is 4.59. The summed E-state index contributed by atoms with van der Waals surface area (Å²) in [6.45, 7) is 0.758. The molecule has 1 N–H and O–H groups in total. The average molecular weight is 283 g/mol. The lowest BCUT2D eigenvalue weighted by Gasteiger charge is -2.07. The van der Waals surface area contributed by atoms with Gasteiger partial charge in [0.05, 0.1) is 5.52 Å². The summed E-state index contributed by atoms with van der Waals surface area (Å²) < 4.78 is 0. The minimum atomic E-state index is 0.555. The summed E-state index contributed by atoms with van der Waals surface area (Å²) in [5.74, 6) is 1.45. The van der Waals surface area contributed by atoms with Gasteiger partial charge in [-0.15, -0.1) is 11.6 Å². The molecular formula is C17H15ClN2. The van der Waals surface area contributed by atoms with E-state index in [0.717, 1.165) is 28.8 Å². The molecule has 20 heavy (non-hydrogen) atoms. The van der Waals surface area contributed by atoms with Gasteiger partial charge in [0.25, 0.3) is 0 Å². The number of nitrogens with zero attached hydrogens (tertiary/aromatic N) is 1. The molecule has 0 bridgehead atoms. The second kappa shape index (κ2) is 5.93. The van der Waals surface area contributed by atoms with Crippen LogP contribution in [0.1, 0.15) is 11.1 Å². The van der Waals surface area contributed by atoms with Gasteiger partial charge in [0, 0.05) is 17.8 Å². The van der Waals surface area contributed by atoms with Gasteiger partial charge in [-0.1, -0.05) is 42.5 Å². The molecular weight excluding hydrogens is 268 g/mol. The van der Waals surface area contributed by atoms with Crippen molar-refractivity contribution in [2.45, 2.75) is 12.4 Å². The zero-order valence-electron chi connectivity index (χ0n) is 11.0. The number of benzene rings is 2. The number of anilines is 1. The quantitative estimate of drug-likeness (QED) is 0.708. The average Bonchev–Trinajstić information content (AvgIpc) is 2.53. The molecule has 0 radical (unpaired) electrons. The maximum atomic E-state index is 5.78. The molecule has 0 spiro atoms. The van der Waals surface area contributed by atoms with Gasteiger partial charge in [0.2, 0.25) is 0 Å². The Labute approximate surface area is 123 Å². The van der Waals surface area contributed by atoms with Crippen LogP contribution < -0.4 is 5.32 Å². The van der Waals surface area contributed by atoms with Gasteiger partial charge in [0.15, 0.2) is 0 Å². The Kier molecular flexibility index (Phi) is 3.84. The highest BCUT2D eigenvalue weighted by Gasteiger charge is 1.98. The highest BCUT2D eigenvalue weighted by atomic mass is 35.5. The van der Waals surface area contributed by atoms with Crippen LogP contribution in [0, 0.1) is 0 Å². The zero-order valence-corrected chi connectivity index (χ0v) is 11.8. The molecule has 0 aliphatic heterocycles. The SMILES string of the molecule is ClCc1ccc(CNc2ccc3ccccc3n2)cc1. The van der Waals surface area contributed by atoms with Crippen molar-refractivity contribution in [1.82, 2.24) is 4.98 Å². The monoisotopic (exact) mass is 282 g/mol. The summed E-state index contributed by atoms with van der Waals surface area (Å²) in [5.41, 5.74) is 3.36. The normalized spacial score (nSPS) is 10.7. The fraction of sp³-hybridized carbons (Fsp3) is 0.118. The van der Waals surface area contributed by atoms with Gasteiger partial charge in [-0.2, -0.15) is 0 Å². The minimum absolute atomic E-state index is 0.555. The van der Waals surface area contributed by atoms with Crippen molar-refractivity contribution in [2.75, 3.05) is 5.32 Å². The Morgan fingerprint density at radius 1 is 0.850 bits per heavy atom. The van der Waals surface area contributed by atoms with E-state index < -0.39 is 0 Å². The topological polar surface area (TPSA) is 24.9 Å². The van der Waals surface area contributed by atoms with Crippen LogP contribution in [0.25, 0.3) is 10.9 Å². The van der Waals surface area contributed by atoms with Crippen molar-refractivity contribution < 1.29 is 0 Å². The molecule has 0 aliphatic carbocycles. The van der Waals surface area contributed by atoms with Crippen LogP contribution in [0.3, 0.4) is 0 Å². The van der Waals surface area contributed by atoms with E-state index in [1.165, 1.54) is 5.56 Å². The molecule has 2 aromatic carbocycles. The molecule has 0 unspecified atom stereocenters. The summed E-state index contributed by atoms with van der Waals surface area (Å²) in [7, 11) is 0. The molecule has 3 aromatic rings. The minimum Gasteiger partial charge on any atom is -0.366 e. The number of hydrogen-bond donors (Lipinski definition) is 1. The number of para-hydroxylation sites is 1. The lowest BCUT2D eigenvalue weighted by Crippen LogP contribution is -2.01. The van der Waals surface area contributed by atoms with Crippen molar-refractivity contribution >= 4 is 28.3 Å². The summed E-state index contributed by atoms with van der Waals surface area (Å²) >= 11 is 5.78. The first-order chi connectivity index (χ1) is 9.85. The lowest BCUT2D eigenvalue weighted by atomic mass is 10.1. The Hall–Kier alpha value is -2.06. The first-order valence-electron chi connectivity index (χ1n) is 6.58. The maximum absolute atomic E-state index is 5.78. The largest absolute Gasteiger partial charge is 0.366 e. The van der Waals surface area contributed by atoms with E-state index in [0.29, 0.717) is 5.88 Å². The summed E-state index contributed by atoms with van der Waals surface area (Å²) in [5, 5.41) is 4.50. The Morgan fingerprint density at radius 2 is 1.60 bits per heavy atom. The van der Waals surface area contributed by atoms with Crippen LogP contribution in [0.5, 0.6) is 0 Å². The molecule has 0 atom stereocenters. The van der Waals surface area contributed by atoms with Gasteiger partial charge in [-0.05, 0) is 29.3 Å². The molecule has 100 valence electrons. The van der Waals surface area contributed by atoms with Crippen molar-refractivity contribution in [2.24, 2.45) is 0 Å². The molecule has 1 heterocycles. The van der Waals surface area contributed by atoms with Crippen molar-refractivity contribution in [3.8, 4) is 0 Å². The number of nitrogens with one attached hydrogen (secondary N) is 1.